The minimum atomic E-state index is 0.374. The number of aromatic nitrogens is 3. The average molecular weight is 305 g/mol. The van der Waals surface area contributed by atoms with E-state index >= 15 is 0 Å². The van der Waals surface area contributed by atoms with Gasteiger partial charge in [0.1, 0.15) is 0 Å². The fourth-order valence-electron chi connectivity index (χ4n) is 2.50. The van der Waals surface area contributed by atoms with Crippen LogP contribution >= 0.6 is 11.3 Å². The van der Waals surface area contributed by atoms with Crippen LogP contribution in [0.3, 0.4) is 0 Å². The second kappa shape index (κ2) is 5.85. The Kier molecular flexibility index (Phi) is 3.92. The molecule has 1 aliphatic rings. The molecule has 6 nitrogen and oxygen atoms in total. The fraction of sp³-hybridized carbons (Fsp3) is 0.500. The van der Waals surface area contributed by atoms with E-state index < -0.39 is 0 Å². The number of rotatable bonds is 3. The third kappa shape index (κ3) is 2.92. The number of hydrogen-bond acceptors (Lipinski definition) is 7. The smallest absolute Gasteiger partial charge is 0.228 e. The van der Waals surface area contributed by atoms with Crippen LogP contribution in [0, 0.1) is 6.92 Å². The number of thiazole rings is 1. The van der Waals surface area contributed by atoms with Crippen molar-refractivity contribution in [3.05, 3.63) is 23.3 Å². The molecule has 0 unspecified atom stereocenters. The Morgan fingerprint density at radius 1 is 1.33 bits per heavy atom. The molecule has 0 saturated carbocycles. The van der Waals surface area contributed by atoms with Gasteiger partial charge < -0.3 is 14.5 Å². The van der Waals surface area contributed by atoms with Gasteiger partial charge in [0.2, 0.25) is 11.8 Å². The Morgan fingerprint density at radius 2 is 2.19 bits per heavy atom. The van der Waals surface area contributed by atoms with Gasteiger partial charge in [0, 0.05) is 43.3 Å². The second-order valence-corrected chi connectivity index (χ2v) is 6.00. The Morgan fingerprint density at radius 3 is 2.86 bits per heavy atom. The molecule has 112 valence electrons. The molecule has 2 aromatic rings. The van der Waals surface area contributed by atoms with E-state index in [9.17, 15) is 0 Å². The minimum Gasteiger partial charge on any atom is -0.481 e. The summed E-state index contributed by atoms with van der Waals surface area (Å²) in [4.78, 5) is 17.9. The first-order chi connectivity index (χ1) is 10.2. The molecule has 1 aliphatic heterocycles. The van der Waals surface area contributed by atoms with Gasteiger partial charge in [0.15, 0.2) is 5.13 Å². The number of methoxy groups -OCH3 is 1. The van der Waals surface area contributed by atoms with Crippen LogP contribution < -0.4 is 14.5 Å². The molecule has 7 heteroatoms. The summed E-state index contributed by atoms with van der Waals surface area (Å²) in [5, 5.41) is 3.20. The zero-order valence-corrected chi connectivity index (χ0v) is 13.3. The lowest BCUT2D eigenvalue weighted by Gasteiger charge is -2.39. The average Bonchev–Trinajstić information content (AvgIpc) is 2.93. The molecule has 1 saturated heterocycles. The largest absolute Gasteiger partial charge is 0.481 e. The van der Waals surface area contributed by atoms with Crippen LogP contribution in [0.2, 0.25) is 0 Å². The lowest BCUT2D eigenvalue weighted by atomic mass is 10.2. The van der Waals surface area contributed by atoms with E-state index in [0.717, 1.165) is 36.4 Å². The topological polar surface area (TPSA) is 54.4 Å². The Labute approximate surface area is 128 Å². The first-order valence-electron chi connectivity index (χ1n) is 6.98. The SMILES string of the molecule is COc1ccnc(N2CCN(c3nc(C)cs3)[C@H](C)C2)n1. The van der Waals surface area contributed by atoms with E-state index in [1.807, 2.05) is 6.92 Å². The van der Waals surface area contributed by atoms with Crippen LogP contribution in [-0.2, 0) is 0 Å². The highest BCUT2D eigenvalue weighted by atomic mass is 32.1. The monoisotopic (exact) mass is 305 g/mol. The number of nitrogens with zero attached hydrogens (tertiary/aromatic N) is 5. The zero-order chi connectivity index (χ0) is 14.8. The van der Waals surface area contributed by atoms with Gasteiger partial charge in [-0.3, -0.25) is 0 Å². The molecule has 0 radical (unpaired) electrons. The molecule has 0 bridgehead atoms. The predicted octanol–water partition coefficient (Wildman–Crippen LogP) is 1.97. The van der Waals surface area contributed by atoms with Crippen LogP contribution in [0.1, 0.15) is 12.6 Å². The molecular formula is C14H19N5OS. The van der Waals surface area contributed by atoms with Crippen molar-refractivity contribution < 1.29 is 4.74 Å². The van der Waals surface area contributed by atoms with Crippen molar-refractivity contribution in [2.24, 2.45) is 0 Å². The molecule has 2 aromatic heterocycles. The van der Waals surface area contributed by atoms with Gasteiger partial charge in [-0.2, -0.15) is 4.98 Å². The highest BCUT2D eigenvalue weighted by Crippen LogP contribution is 2.25. The van der Waals surface area contributed by atoms with Crippen LogP contribution in [0.15, 0.2) is 17.6 Å². The lowest BCUT2D eigenvalue weighted by molar-refractivity contribution is 0.396. The van der Waals surface area contributed by atoms with E-state index in [1.54, 1.807) is 30.7 Å². The summed E-state index contributed by atoms with van der Waals surface area (Å²) in [7, 11) is 1.62. The van der Waals surface area contributed by atoms with E-state index in [-0.39, 0.29) is 0 Å². The quantitative estimate of drug-likeness (QED) is 0.864. The van der Waals surface area contributed by atoms with E-state index in [1.165, 1.54) is 0 Å². The normalized spacial score (nSPS) is 18.9. The van der Waals surface area contributed by atoms with Crippen molar-refractivity contribution in [3.63, 3.8) is 0 Å². The van der Waals surface area contributed by atoms with Crippen molar-refractivity contribution in [2.75, 3.05) is 36.5 Å². The van der Waals surface area contributed by atoms with Gasteiger partial charge >= 0.3 is 0 Å². The molecule has 0 aliphatic carbocycles. The zero-order valence-electron chi connectivity index (χ0n) is 12.5. The van der Waals surface area contributed by atoms with Crippen LogP contribution in [0.4, 0.5) is 11.1 Å². The van der Waals surface area contributed by atoms with E-state index in [4.69, 9.17) is 4.74 Å². The maximum Gasteiger partial charge on any atom is 0.228 e. The summed E-state index contributed by atoms with van der Waals surface area (Å²) < 4.78 is 5.17. The molecular weight excluding hydrogens is 286 g/mol. The number of ether oxygens (including phenoxy) is 1. The minimum absolute atomic E-state index is 0.374. The maximum absolute atomic E-state index is 5.17. The highest BCUT2D eigenvalue weighted by molar-refractivity contribution is 7.13. The van der Waals surface area contributed by atoms with Crippen LogP contribution in [0.25, 0.3) is 0 Å². The number of piperazine rings is 1. The van der Waals surface area contributed by atoms with Gasteiger partial charge in [-0.1, -0.05) is 0 Å². The first kappa shape index (κ1) is 14.1. The molecule has 0 amide bonds. The molecule has 0 spiro atoms. The molecule has 21 heavy (non-hydrogen) atoms. The summed E-state index contributed by atoms with van der Waals surface area (Å²) in [6.07, 6.45) is 1.74. The van der Waals surface area contributed by atoms with Gasteiger partial charge in [-0.15, -0.1) is 11.3 Å². The number of hydrogen-bond donors (Lipinski definition) is 0. The lowest BCUT2D eigenvalue weighted by Crippen LogP contribution is -2.52. The van der Waals surface area contributed by atoms with Crippen molar-refractivity contribution in [1.29, 1.82) is 0 Å². The third-order valence-corrected chi connectivity index (χ3v) is 4.58. The highest BCUT2D eigenvalue weighted by Gasteiger charge is 2.27. The Bertz CT molecular complexity index is 617. The molecule has 1 fully saturated rings. The predicted molar refractivity (Wildman–Crippen MR) is 84.5 cm³/mol. The summed E-state index contributed by atoms with van der Waals surface area (Å²) in [6, 6.07) is 2.14. The third-order valence-electron chi connectivity index (χ3n) is 3.59. The standard InChI is InChI=1S/C14H19N5OS/c1-10-9-21-14(16-10)19-7-6-18(8-11(19)2)13-15-5-4-12(17-13)20-3/h4-5,9,11H,6-8H2,1-3H3/t11-/m1/s1. The fourth-order valence-corrected chi connectivity index (χ4v) is 3.43. The first-order valence-corrected chi connectivity index (χ1v) is 7.86. The van der Waals surface area contributed by atoms with Crippen LogP contribution in [0.5, 0.6) is 5.88 Å². The molecule has 0 aromatic carbocycles. The van der Waals surface area contributed by atoms with Crippen molar-refractivity contribution in [1.82, 2.24) is 15.0 Å². The molecule has 3 heterocycles. The van der Waals surface area contributed by atoms with Gasteiger partial charge in [0.25, 0.3) is 0 Å². The van der Waals surface area contributed by atoms with Gasteiger partial charge in [0.05, 0.1) is 12.8 Å². The van der Waals surface area contributed by atoms with Crippen molar-refractivity contribution in [3.8, 4) is 5.88 Å². The summed E-state index contributed by atoms with van der Waals surface area (Å²) >= 11 is 1.71. The van der Waals surface area contributed by atoms with E-state index in [2.05, 4.69) is 37.1 Å². The number of anilines is 2. The van der Waals surface area contributed by atoms with Crippen molar-refractivity contribution >= 4 is 22.4 Å². The van der Waals surface area contributed by atoms with Crippen LogP contribution in [-0.4, -0.2) is 47.7 Å². The summed E-state index contributed by atoms with van der Waals surface area (Å²) in [6.45, 7) is 6.94. The second-order valence-electron chi connectivity index (χ2n) is 5.16. The van der Waals surface area contributed by atoms with Gasteiger partial charge in [-0.05, 0) is 13.8 Å². The molecule has 1 atom stereocenters. The van der Waals surface area contributed by atoms with Crippen molar-refractivity contribution in [2.45, 2.75) is 19.9 Å². The van der Waals surface area contributed by atoms with Gasteiger partial charge in [-0.25, -0.2) is 9.97 Å². The maximum atomic E-state index is 5.17. The molecule has 0 N–H and O–H groups in total. The Balaban J connectivity index is 1.73. The summed E-state index contributed by atoms with van der Waals surface area (Å²) in [5.74, 6) is 1.34. The number of aryl methyl sites for hydroxylation is 1. The Hall–Kier alpha value is -1.89. The van der Waals surface area contributed by atoms with E-state index in [0.29, 0.717) is 11.9 Å². The molecule has 3 rings (SSSR count). The summed E-state index contributed by atoms with van der Waals surface area (Å²) in [5.41, 5.74) is 1.08.